The summed E-state index contributed by atoms with van der Waals surface area (Å²) in [7, 11) is 0. The number of anilines is 1. The standard InChI is InChI=1S/C31H27F3N2O2S/c1-18-27(30(38)36-23-10-6-9-22(17-23)31(32,33)34)28(20-11-13-24(39-2)14-12-20)29-25(35-18)15-21(16-26(29)37)19-7-4-3-5-8-19/h3-14,17,21,28,35H,15-16H2,1-2H3,(H,36,38)/t21-,28+/m1/s1. The molecule has 1 aliphatic heterocycles. The maximum absolute atomic E-state index is 13.7. The van der Waals surface area contributed by atoms with Gasteiger partial charge < -0.3 is 10.6 Å². The summed E-state index contributed by atoms with van der Waals surface area (Å²) in [5.74, 6) is -1.24. The molecule has 1 aliphatic carbocycles. The van der Waals surface area contributed by atoms with Gasteiger partial charge in [-0.05, 0) is 67.0 Å². The Kier molecular flexibility index (Phi) is 7.40. The summed E-state index contributed by atoms with van der Waals surface area (Å²) in [6.07, 6.45) is -1.64. The molecule has 1 heterocycles. The predicted molar refractivity (Wildman–Crippen MR) is 147 cm³/mol. The van der Waals surface area contributed by atoms with E-state index in [0.29, 0.717) is 29.7 Å². The van der Waals surface area contributed by atoms with Gasteiger partial charge in [0.15, 0.2) is 5.78 Å². The lowest BCUT2D eigenvalue weighted by atomic mass is 9.71. The number of Topliss-reactive ketones (excluding diaryl/α,β-unsaturated/α-hetero) is 1. The van der Waals surface area contributed by atoms with Gasteiger partial charge in [-0.15, -0.1) is 11.8 Å². The molecule has 200 valence electrons. The number of alkyl halides is 3. The molecular formula is C31H27F3N2O2S. The monoisotopic (exact) mass is 548 g/mol. The van der Waals surface area contributed by atoms with Gasteiger partial charge in [-0.1, -0.05) is 48.5 Å². The van der Waals surface area contributed by atoms with Crippen molar-refractivity contribution in [2.75, 3.05) is 11.6 Å². The molecule has 0 spiro atoms. The smallest absolute Gasteiger partial charge is 0.362 e. The maximum Gasteiger partial charge on any atom is 0.416 e. The van der Waals surface area contributed by atoms with E-state index in [0.717, 1.165) is 33.9 Å². The Morgan fingerprint density at radius 2 is 1.67 bits per heavy atom. The third-order valence-electron chi connectivity index (χ3n) is 7.24. The van der Waals surface area contributed by atoms with Gasteiger partial charge >= 0.3 is 6.18 Å². The van der Waals surface area contributed by atoms with Crippen LogP contribution in [0.1, 0.15) is 48.3 Å². The Labute approximate surface area is 229 Å². The molecule has 0 aromatic heterocycles. The highest BCUT2D eigenvalue weighted by Gasteiger charge is 2.41. The van der Waals surface area contributed by atoms with Gasteiger partial charge in [0.05, 0.1) is 5.56 Å². The molecule has 0 fully saturated rings. The summed E-state index contributed by atoms with van der Waals surface area (Å²) in [5.41, 5.74) is 3.25. The van der Waals surface area contributed by atoms with Gasteiger partial charge in [0.25, 0.3) is 5.91 Å². The number of halogens is 3. The van der Waals surface area contributed by atoms with Crippen LogP contribution in [-0.4, -0.2) is 17.9 Å². The highest BCUT2D eigenvalue weighted by atomic mass is 32.2. The zero-order valence-corrected chi connectivity index (χ0v) is 22.2. The van der Waals surface area contributed by atoms with Crippen molar-refractivity contribution in [3.63, 3.8) is 0 Å². The molecule has 4 nitrogen and oxygen atoms in total. The van der Waals surface area contributed by atoms with E-state index < -0.39 is 23.6 Å². The van der Waals surface area contributed by atoms with Crippen molar-refractivity contribution in [3.05, 3.63) is 118 Å². The van der Waals surface area contributed by atoms with Gasteiger partial charge in [0, 0.05) is 45.5 Å². The van der Waals surface area contributed by atoms with E-state index in [9.17, 15) is 22.8 Å². The van der Waals surface area contributed by atoms with Gasteiger partial charge in [0.1, 0.15) is 0 Å². The molecule has 3 aromatic carbocycles. The molecule has 8 heteroatoms. The lowest BCUT2D eigenvalue weighted by Crippen LogP contribution is -2.37. The van der Waals surface area contributed by atoms with Crippen molar-refractivity contribution < 1.29 is 22.8 Å². The van der Waals surface area contributed by atoms with Crippen molar-refractivity contribution in [2.45, 2.75) is 42.7 Å². The van der Waals surface area contributed by atoms with Crippen LogP contribution in [0, 0.1) is 0 Å². The van der Waals surface area contributed by atoms with Gasteiger partial charge in [-0.2, -0.15) is 13.2 Å². The quantitative estimate of drug-likeness (QED) is 0.326. The molecule has 2 aliphatic rings. The summed E-state index contributed by atoms with van der Waals surface area (Å²) in [6.45, 7) is 1.77. The second kappa shape index (κ2) is 10.8. The first-order valence-electron chi connectivity index (χ1n) is 12.6. The van der Waals surface area contributed by atoms with E-state index in [1.807, 2.05) is 60.9 Å². The molecule has 0 unspecified atom stereocenters. The predicted octanol–water partition coefficient (Wildman–Crippen LogP) is 7.43. The Morgan fingerprint density at radius 1 is 0.949 bits per heavy atom. The molecule has 1 amide bonds. The molecule has 0 radical (unpaired) electrons. The van der Waals surface area contributed by atoms with Crippen molar-refractivity contribution in [2.24, 2.45) is 0 Å². The van der Waals surface area contributed by atoms with Crippen LogP contribution in [0.4, 0.5) is 18.9 Å². The fraction of sp³-hybridized carbons (Fsp3) is 0.226. The largest absolute Gasteiger partial charge is 0.416 e. The van der Waals surface area contributed by atoms with Crippen molar-refractivity contribution in [1.82, 2.24) is 5.32 Å². The second-order valence-corrected chi connectivity index (χ2v) is 10.6. The minimum Gasteiger partial charge on any atom is -0.362 e. The number of dihydropyridines is 1. The van der Waals surface area contributed by atoms with Crippen molar-refractivity contribution in [1.29, 1.82) is 0 Å². The zero-order chi connectivity index (χ0) is 27.7. The molecular weight excluding hydrogens is 521 g/mol. The van der Waals surface area contributed by atoms with Crippen LogP contribution in [0.3, 0.4) is 0 Å². The van der Waals surface area contributed by atoms with Crippen LogP contribution in [0.5, 0.6) is 0 Å². The van der Waals surface area contributed by atoms with Crippen LogP contribution < -0.4 is 10.6 Å². The van der Waals surface area contributed by atoms with Gasteiger partial charge in [0.2, 0.25) is 0 Å². The van der Waals surface area contributed by atoms with E-state index in [1.165, 1.54) is 12.1 Å². The Morgan fingerprint density at radius 3 is 2.33 bits per heavy atom. The maximum atomic E-state index is 13.7. The molecule has 39 heavy (non-hydrogen) atoms. The first-order chi connectivity index (χ1) is 18.7. The van der Waals surface area contributed by atoms with Gasteiger partial charge in [-0.3, -0.25) is 9.59 Å². The lowest BCUT2D eigenvalue weighted by molar-refractivity contribution is -0.137. The molecule has 5 rings (SSSR count). The average molecular weight is 549 g/mol. The SMILES string of the molecule is CSc1ccc([C@H]2C(C(=O)Nc3cccc(C(F)(F)F)c3)=C(C)NC3=C2C(=O)C[C@H](c2ccccc2)C3)cc1. The van der Waals surface area contributed by atoms with Crippen LogP contribution in [0.25, 0.3) is 0 Å². The van der Waals surface area contributed by atoms with Crippen molar-refractivity contribution >= 4 is 29.1 Å². The number of ketones is 1. The van der Waals surface area contributed by atoms with Crippen LogP contribution >= 0.6 is 11.8 Å². The first-order valence-corrected chi connectivity index (χ1v) is 13.8. The van der Waals surface area contributed by atoms with E-state index in [1.54, 1.807) is 18.7 Å². The minimum atomic E-state index is -4.53. The Bertz CT molecular complexity index is 1480. The minimum absolute atomic E-state index is 0.0118. The highest BCUT2D eigenvalue weighted by molar-refractivity contribution is 7.98. The van der Waals surface area contributed by atoms with Crippen LogP contribution in [-0.2, 0) is 15.8 Å². The first kappa shape index (κ1) is 26.8. The molecule has 2 N–H and O–H groups in total. The van der Waals surface area contributed by atoms with E-state index >= 15 is 0 Å². The number of allylic oxidation sites excluding steroid dienone is 3. The molecule has 0 bridgehead atoms. The van der Waals surface area contributed by atoms with Crippen LogP contribution in [0.2, 0.25) is 0 Å². The Balaban J connectivity index is 1.54. The molecule has 0 saturated heterocycles. The number of benzene rings is 3. The normalized spacial score (nSPS) is 19.5. The number of hydrogen-bond donors (Lipinski definition) is 2. The number of nitrogens with one attached hydrogen (secondary N) is 2. The molecule has 0 saturated carbocycles. The highest BCUT2D eigenvalue weighted by Crippen LogP contribution is 2.46. The fourth-order valence-electron chi connectivity index (χ4n) is 5.40. The van der Waals surface area contributed by atoms with E-state index in [2.05, 4.69) is 10.6 Å². The average Bonchev–Trinajstić information content (AvgIpc) is 2.92. The number of thioether (sulfide) groups is 1. The number of rotatable bonds is 5. The number of hydrogen-bond acceptors (Lipinski definition) is 4. The zero-order valence-electron chi connectivity index (χ0n) is 21.4. The number of carbonyl (C=O) groups is 2. The van der Waals surface area contributed by atoms with Crippen LogP contribution in [0.15, 0.2) is 106 Å². The topological polar surface area (TPSA) is 58.2 Å². The number of amides is 1. The second-order valence-electron chi connectivity index (χ2n) is 9.73. The Hall–Kier alpha value is -3.78. The summed E-state index contributed by atoms with van der Waals surface area (Å²) < 4.78 is 39.8. The van der Waals surface area contributed by atoms with E-state index in [4.69, 9.17) is 0 Å². The summed E-state index contributed by atoms with van der Waals surface area (Å²) >= 11 is 1.58. The summed E-state index contributed by atoms with van der Waals surface area (Å²) in [6, 6.07) is 22.1. The lowest BCUT2D eigenvalue weighted by Gasteiger charge is -2.37. The summed E-state index contributed by atoms with van der Waals surface area (Å²) in [5, 5.41) is 5.96. The third kappa shape index (κ3) is 5.52. The molecule has 2 atom stereocenters. The fourth-order valence-corrected chi connectivity index (χ4v) is 5.81. The third-order valence-corrected chi connectivity index (χ3v) is 7.98. The molecule has 3 aromatic rings. The summed E-state index contributed by atoms with van der Waals surface area (Å²) in [4.78, 5) is 28.4. The van der Waals surface area contributed by atoms with Crippen molar-refractivity contribution in [3.8, 4) is 0 Å². The van der Waals surface area contributed by atoms with Gasteiger partial charge in [-0.25, -0.2) is 0 Å². The van der Waals surface area contributed by atoms with E-state index in [-0.39, 0.29) is 17.4 Å². The number of carbonyl (C=O) groups excluding carboxylic acids is 2.